The van der Waals surface area contributed by atoms with Gasteiger partial charge in [0, 0.05) is 17.6 Å². The molecule has 7 atom stereocenters. The predicted molar refractivity (Wildman–Crippen MR) is 138 cm³/mol. The van der Waals surface area contributed by atoms with Gasteiger partial charge in [-0.1, -0.05) is 6.07 Å². The Balaban J connectivity index is 1.86. The molecule has 0 aliphatic carbocycles. The Bertz CT molecular complexity index is 1220. The highest BCUT2D eigenvalue weighted by atomic mass is 16.8. The summed E-state index contributed by atoms with van der Waals surface area (Å²) in [6.07, 6.45) is -5.38. The van der Waals surface area contributed by atoms with E-state index in [-0.39, 0.29) is 22.6 Å². The fourth-order valence-electron chi connectivity index (χ4n) is 4.15. The van der Waals surface area contributed by atoms with Gasteiger partial charge in [0.1, 0.15) is 31.0 Å². The topological polar surface area (TPSA) is 228 Å². The van der Waals surface area contributed by atoms with Crippen LogP contribution in [-0.2, 0) is 42.8 Å². The summed E-state index contributed by atoms with van der Waals surface area (Å²) in [6, 6.07) is 3.90. The number of methoxy groups -OCH3 is 2. The van der Waals surface area contributed by atoms with Gasteiger partial charge in [-0.3, -0.25) is 4.79 Å². The van der Waals surface area contributed by atoms with Gasteiger partial charge in [-0.25, -0.2) is 9.59 Å². The smallest absolute Gasteiger partial charge is 0.337 e. The van der Waals surface area contributed by atoms with E-state index in [0.717, 1.165) is 26.6 Å². The lowest BCUT2D eigenvalue weighted by Crippen LogP contribution is -2.60. The average molecular weight is 597 g/mol. The second-order valence-corrected chi connectivity index (χ2v) is 9.11. The Labute approximate surface area is 239 Å². The van der Waals surface area contributed by atoms with Gasteiger partial charge in [0.15, 0.2) is 17.8 Å². The molecule has 0 aromatic heterocycles. The monoisotopic (exact) mass is 596 g/mol. The lowest BCUT2D eigenvalue weighted by molar-refractivity contribution is -0.327. The van der Waals surface area contributed by atoms with Gasteiger partial charge in [-0.15, -0.1) is 0 Å². The molecule has 1 fully saturated rings. The standard InChI is InChI=1S/C27H32O15/c1-37-21(32)10-15-14(7-8-39-20(31)6-4-13-3-5-17(29)18(30)9-13)26(40-12-16(15)25(36)38-2)42-27-24(35)23(34)22(33)19(11-28)41-27/h3-7,9,12,15,19,22-24,26-30,33-35H,8,10-11H2,1-2H3/b6-4+,14-7+/t15-,19+,22+,23-,24+,26-,27-/m0/s1. The quantitative estimate of drug-likeness (QED) is 0.0625. The van der Waals surface area contributed by atoms with E-state index in [0.29, 0.717) is 5.56 Å². The number of aromatic hydroxyl groups is 2. The third-order valence-electron chi connectivity index (χ3n) is 6.45. The molecular weight excluding hydrogens is 564 g/mol. The normalized spacial score (nSPS) is 28.6. The number of hydrogen-bond acceptors (Lipinski definition) is 15. The Morgan fingerprint density at radius 2 is 1.74 bits per heavy atom. The number of ether oxygens (including phenoxy) is 6. The molecule has 1 aromatic carbocycles. The van der Waals surface area contributed by atoms with E-state index in [1.54, 1.807) is 0 Å². The van der Waals surface area contributed by atoms with Crippen LogP contribution in [0.4, 0.5) is 0 Å². The Hall–Kier alpha value is -3.99. The van der Waals surface area contributed by atoms with E-state index in [1.807, 2.05) is 0 Å². The number of carbonyl (C=O) groups excluding carboxylic acids is 3. The summed E-state index contributed by atoms with van der Waals surface area (Å²) in [5, 5.41) is 59.1. The highest BCUT2D eigenvalue weighted by Gasteiger charge is 2.47. The zero-order chi connectivity index (χ0) is 31.0. The number of phenols is 2. The molecule has 0 spiro atoms. The number of benzene rings is 1. The highest BCUT2D eigenvalue weighted by Crippen LogP contribution is 2.36. The fourth-order valence-corrected chi connectivity index (χ4v) is 4.15. The summed E-state index contributed by atoms with van der Waals surface area (Å²) in [5.41, 5.74) is 0.335. The number of phenolic OH excluding ortho intramolecular Hbond substituents is 2. The van der Waals surface area contributed by atoms with Crippen molar-refractivity contribution in [2.45, 2.75) is 43.4 Å². The summed E-state index contributed by atoms with van der Waals surface area (Å²) in [5.74, 6) is -4.20. The minimum Gasteiger partial charge on any atom is -0.504 e. The Kier molecular flexibility index (Phi) is 11.4. The highest BCUT2D eigenvalue weighted by molar-refractivity contribution is 5.91. The first kappa shape index (κ1) is 32.5. The molecule has 2 aliphatic rings. The lowest BCUT2D eigenvalue weighted by Gasteiger charge is -2.41. The number of rotatable bonds is 10. The van der Waals surface area contributed by atoms with Gasteiger partial charge in [-0.2, -0.15) is 0 Å². The van der Waals surface area contributed by atoms with Crippen molar-refractivity contribution in [1.29, 1.82) is 0 Å². The third kappa shape index (κ3) is 7.84. The summed E-state index contributed by atoms with van der Waals surface area (Å²) >= 11 is 0. The Morgan fingerprint density at radius 1 is 1.00 bits per heavy atom. The van der Waals surface area contributed by atoms with Crippen LogP contribution in [0, 0.1) is 5.92 Å². The van der Waals surface area contributed by atoms with Crippen LogP contribution in [0.1, 0.15) is 12.0 Å². The molecule has 2 aliphatic heterocycles. The third-order valence-corrected chi connectivity index (χ3v) is 6.45. The maximum Gasteiger partial charge on any atom is 0.337 e. The second kappa shape index (κ2) is 14.8. The molecule has 15 nitrogen and oxygen atoms in total. The van der Waals surface area contributed by atoms with Crippen molar-refractivity contribution < 1.29 is 73.4 Å². The van der Waals surface area contributed by atoms with Crippen LogP contribution in [0.15, 0.2) is 47.8 Å². The molecule has 3 rings (SSSR count). The first-order chi connectivity index (χ1) is 20.0. The molecule has 0 bridgehead atoms. The van der Waals surface area contributed by atoms with E-state index >= 15 is 0 Å². The van der Waals surface area contributed by atoms with Crippen LogP contribution < -0.4 is 0 Å². The molecule has 42 heavy (non-hydrogen) atoms. The van der Waals surface area contributed by atoms with Crippen molar-refractivity contribution in [3.05, 3.63) is 53.3 Å². The van der Waals surface area contributed by atoms with Crippen molar-refractivity contribution in [3.8, 4) is 11.5 Å². The van der Waals surface area contributed by atoms with Crippen LogP contribution in [-0.4, -0.2) is 113 Å². The molecule has 0 amide bonds. The summed E-state index contributed by atoms with van der Waals surface area (Å²) in [4.78, 5) is 37.0. The zero-order valence-corrected chi connectivity index (χ0v) is 22.6. The minimum absolute atomic E-state index is 0.0560. The second-order valence-electron chi connectivity index (χ2n) is 9.11. The van der Waals surface area contributed by atoms with Crippen LogP contribution in [0.5, 0.6) is 11.5 Å². The molecular formula is C27H32O15. The molecule has 1 aromatic rings. The molecule has 6 N–H and O–H groups in total. The SMILES string of the molecule is COC(=O)C[C@@H]1C(C(=O)OC)=CO[C@@H](O[C@@H]2O[C@H](CO)[C@@H](O)[C@H](O)[C@H]2O)/C1=C/COC(=O)/C=C/c1ccc(O)c(O)c1. The summed E-state index contributed by atoms with van der Waals surface area (Å²) < 4.78 is 31.3. The number of aliphatic hydroxyl groups is 4. The van der Waals surface area contributed by atoms with E-state index in [9.17, 15) is 45.0 Å². The van der Waals surface area contributed by atoms with Gasteiger partial charge in [-0.05, 0) is 29.8 Å². The summed E-state index contributed by atoms with van der Waals surface area (Å²) in [6.45, 7) is -1.15. The van der Waals surface area contributed by atoms with E-state index in [4.69, 9.17) is 28.4 Å². The van der Waals surface area contributed by atoms with Gasteiger partial charge in [0.25, 0.3) is 0 Å². The molecule has 0 radical (unpaired) electrons. The Morgan fingerprint density at radius 3 is 2.38 bits per heavy atom. The maximum absolute atomic E-state index is 12.5. The molecule has 230 valence electrons. The van der Waals surface area contributed by atoms with Gasteiger partial charge < -0.3 is 59.1 Å². The predicted octanol–water partition coefficient (Wildman–Crippen LogP) is -1.01. The molecule has 1 saturated heterocycles. The van der Waals surface area contributed by atoms with Crippen molar-refractivity contribution in [2.24, 2.45) is 5.92 Å². The average Bonchev–Trinajstić information content (AvgIpc) is 2.98. The maximum atomic E-state index is 12.5. The van der Waals surface area contributed by atoms with E-state index < -0.39 is 80.5 Å². The summed E-state index contributed by atoms with van der Waals surface area (Å²) in [7, 11) is 2.25. The molecule has 15 heteroatoms. The van der Waals surface area contributed by atoms with Crippen LogP contribution in [0.3, 0.4) is 0 Å². The van der Waals surface area contributed by atoms with Crippen LogP contribution in [0.2, 0.25) is 0 Å². The van der Waals surface area contributed by atoms with Crippen molar-refractivity contribution in [3.63, 3.8) is 0 Å². The van der Waals surface area contributed by atoms with Crippen molar-refractivity contribution in [2.75, 3.05) is 27.4 Å². The molecule has 0 saturated carbocycles. The van der Waals surface area contributed by atoms with Gasteiger partial charge in [0.05, 0.1) is 39.1 Å². The number of carbonyl (C=O) groups is 3. The number of hydrogen-bond donors (Lipinski definition) is 6. The zero-order valence-electron chi connectivity index (χ0n) is 22.6. The van der Waals surface area contributed by atoms with Gasteiger partial charge >= 0.3 is 17.9 Å². The largest absolute Gasteiger partial charge is 0.504 e. The van der Waals surface area contributed by atoms with Crippen LogP contribution in [0.25, 0.3) is 6.08 Å². The van der Waals surface area contributed by atoms with E-state index in [1.165, 1.54) is 30.4 Å². The van der Waals surface area contributed by atoms with E-state index in [2.05, 4.69) is 0 Å². The first-order valence-electron chi connectivity index (χ1n) is 12.5. The van der Waals surface area contributed by atoms with Crippen molar-refractivity contribution >= 4 is 24.0 Å². The van der Waals surface area contributed by atoms with Crippen LogP contribution >= 0.6 is 0 Å². The van der Waals surface area contributed by atoms with Crippen molar-refractivity contribution in [1.82, 2.24) is 0 Å². The molecule has 2 heterocycles. The minimum atomic E-state index is -1.79. The molecule has 0 unspecified atom stereocenters. The fraction of sp³-hybridized carbons (Fsp3) is 0.444. The number of aliphatic hydroxyl groups excluding tert-OH is 4. The van der Waals surface area contributed by atoms with Gasteiger partial charge in [0.2, 0.25) is 6.29 Å². The number of esters is 3. The lowest BCUT2D eigenvalue weighted by atomic mass is 9.86. The first-order valence-corrected chi connectivity index (χ1v) is 12.5.